The van der Waals surface area contributed by atoms with Crippen molar-refractivity contribution in [3.8, 4) is 11.5 Å². The SMILES string of the molecule is O=C(Nc1ccc2c(c1)OCO2)[C@H]1CCCN1. The van der Waals surface area contributed by atoms with Crippen LogP contribution in [-0.4, -0.2) is 25.3 Å². The molecule has 2 aliphatic heterocycles. The zero-order valence-electron chi connectivity index (χ0n) is 9.36. The van der Waals surface area contributed by atoms with Gasteiger partial charge in [-0.25, -0.2) is 0 Å². The summed E-state index contributed by atoms with van der Waals surface area (Å²) in [5.74, 6) is 1.42. The molecule has 0 unspecified atom stereocenters. The van der Waals surface area contributed by atoms with Crippen LogP contribution in [0.3, 0.4) is 0 Å². The first-order chi connectivity index (χ1) is 8.33. The summed E-state index contributed by atoms with van der Waals surface area (Å²) in [6, 6.07) is 5.34. The molecular weight excluding hydrogens is 220 g/mol. The minimum Gasteiger partial charge on any atom is -0.454 e. The maximum absolute atomic E-state index is 11.9. The minimum absolute atomic E-state index is 0.0152. The highest BCUT2D eigenvalue weighted by Crippen LogP contribution is 2.34. The Hall–Kier alpha value is -1.75. The van der Waals surface area contributed by atoms with E-state index in [1.165, 1.54) is 0 Å². The number of amides is 1. The molecule has 5 nitrogen and oxygen atoms in total. The van der Waals surface area contributed by atoms with E-state index in [2.05, 4.69) is 10.6 Å². The van der Waals surface area contributed by atoms with Crippen LogP contribution in [0.2, 0.25) is 0 Å². The topological polar surface area (TPSA) is 59.6 Å². The lowest BCUT2D eigenvalue weighted by atomic mass is 10.2. The predicted molar refractivity (Wildman–Crippen MR) is 62.2 cm³/mol. The Morgan fingerprint density at radius 1 is 1.35 bits per heavy atom. The lowest BCUT2D eigenvalue weighted by Crippen LogP contribution is -2.35. The first-order valence-electron chi connectivity index (χ1n) is 5.77. The molecule has 2 heterocycles. The van der Waals surface area contributed by atoms with Crippen LogP contribution in [0.1, 0.15) is 12.8 Å². The van der Waals surface area contributed by atoms with Gasteiger partial charge in [-0.1, -0.05) is 0 Å². The molecule has 2 aliphatic rings. The van der Waals surface area contributed by atoms with Crippen molar-refractivity contribution in [1.29, 1.82) is 0 Å². The van der Waals surface area contributed by atoms with E-state index in [1.54, 1.807) is 12.1 Å². The molecule has 17 heavy (non-hydrogen) atoms. The summed E-state index contributed by atoms with van der Waals surface area (Å²) >= 11 is 0. The van der Waals surface area contributed by atoms with E-state index >= 15 is 0 Å². The van der Waals surface area contributed by atoms with E-state index in [0.717, 1.165) is 30.8 Å². The molecule has 1 aromatic rings. The highest BCUT2D eigenvalue weighted by Gasteiger charge is 2.22. The van der Waals surface area contributed by atoms with E-state index in [9.17, 15) is 4.79 Å². The number of fused-ring (bicyclic) bond motifs is 1. The number of benzene rings is 1. The molecule has 90 valence electrons. The molecule has 0 bridgehead atoms. The lowest BCUT2D eigenvalue weighted by Gasteiger charge is -2.11. The van der Waals surface area contributed by atoms with Crippen molar-refractivity contribution in [2.24, 2.45) is 0 Å². The molecule has 1 aromatic carbocycles. The molecule has 0 saturated carbocycles. The van der Waals surface area contributed by atoms with Crippen LogP contribution >= 0.6 is 0 Å². The molecule has 1 atom stereocenters. The van der Waals surface area contributed by atoms with Crippen molar-refractivity contribution in [1.82, 2.24) is 5.32 Å². The van der Waals surface area contributed by atoms with Gasteiger partial charge >= 0.3 is 0 Å². The van der Waals surface area contributed by atoms with Gasteiger partial charge in [0.05, 0.1) is 6.04 Å². The molecule has 2 N–H and O–H groups in total. The van der Waals surface area contributed by atoms with Gasteiger partial charge in [-0.05, 0) is 31.5 Å². The molecule has 5 heteroatoms. The number of nitrogens with one attached hydrogen (secondary N) is 2. The van der Waals surface area contributed by atoms with E-state index in [4.69, 9.17) is 9.47 Å². The molecule has 1 saturated heterocycles. The molecule has 0 spiro atoms. The highest BCUT2D eigenvalue weighted by molar-refractivity contribution is 5.95. The fourth-order valence-electron chi connectivity index (χ4n) is 2.11. The number of carbonyl (C=O) groups excluding carboxylic acids is 1. The van der Waals surface area contributed by atoms with Crippen LogP contribution in [0.5, 0.6) is 11.5 Å². The zero-order chi connectivity index (χ0) is 11.7. The Morgan fingerprint density at radius 3 is 3.06 bits per heavy atom. The average molecular weight is 234 g/mol. The summed E-state index contributed by atoms with van der Waals surface area (Å²) in [7, 11) is 0. The Bertz CT molecular complexity index is 441. The Labute approximate surface area is 99.1 Å². The van der Waals surface area contributed by atoms with Gasteiger partial charge in [-0.15, -0.1) is 0 Å². The van der Waals surface area contributed by atoms with Crippen LogP contribution in [0, 0.1) is 0 Å². The van der Waals surface area contributed by atoms with Crippen LogP contribution in [0.15, 0.2) is 18.2 Å². The highest BCUT2D eigenvalue weighted by atomic mass is 16.7. The summed E-state index contributed by atoms with van der Waals surface area (Å²) in [4.78, 5) is 11.9. The smallest absolute Gasteiger partial charge is 0.241 e. The fraction of sp³-hybridized carbons (Fsp3) is 0.417. The van der Waals surface area contributed by atoms with Crippen molar-refractivity contribution in [2.75, 3.05) is 18.7 Å². The Balaban J connectivity index is 1.70. The molecule has 0 aliphatic carbocycles. The van der Waals surface area contributed by atoms with Gasteiger partial charge in [0, 0.05) is 11.8 Å². The second-order valence-electron chi connectivity index (χ2n) is 4.21. The van der Waals surface area contributed by atoms with Crippen LogP contribution < -0.4 is 20.1 Å². The van der Waals surface area contributed by atoms with E-state index < -0.39 is 0 Å². The van der Waals surface area contributed by atoms with Gasteiger partial charge < -0.3 is 20.1 Å². The molecule has 1 fully saturated rings. The molecule has 1 amide bonds. The van der Waals surface area contributed by atoms with Gasteiger partial charge in [-0.3, -0.25) is 4.79 Å². The Kier molecular flexibility index (Phi) is 2.60. The van der Waals surface area contributed by atoms with Crippen molar-refractivity contribution < 1.29 is 14.3 Å². The van der Waals surface area contributed by atoms with E-state index in [-0.39, 0.29) is 18.7 Å². The first kappa shape index (κ1) is 10.4. The second kappa shape index (κ2) is 4.25. The third-order valence-electron chi connectivity index (χ3n) is 3.02. The van der Waals surface area contributed by atoms with Gasteiger partial charge in [0.15, 0.2) is 11.5 Å². The molecule has 3 rings (SSSR count). The van der Waals surface area contributed by atoms with Crippen molar-refractivity contribution in [3.05, 3.63) is 18.2 Å². The maximum atomic E-state index is 11.9. The Morgan fingerprint density at radius 2 is 2.24 bits per heavy atom. The van der Waals surface area contributed by atoms with Crippen molar-refractivity contribution >= 4 is 11.6 Å². The predicted octanol–water partition coefficient (Wildman–Crippen LogP) is 1.11. The number of ether oxygens (including phenoxy) is 2. The lowest BCUT2D eigenvalue weighted by molar-refractivity contribution is -0.117. The number of hydrogen-bond donors (Lipinski definition) is 2. The summed E-state index contributed by atoms with van der Waals surface area (Å²) < 4.78 is 10.5. The van der Waals surface area contributed by atoms with Crippen molar-refractivity contribution in [2.45, 2.75) is 18.9 Å². The number of hydrogen-bond acceptors (Lipinski definition) is 4. The van der Waals surface area contributed by atoms with Crippen molar-refractivity contribution in [3.63, 3.8) is 0 Å². The number of rotatable bonds is 2. The van der Waals surface area contributed by atoms with Gasteiger partial charge in [0.25, 0.3) is 0 Å². The van der Waals surface area contributed by atoms with Crippen LogP contribution in [0.25, 0.3) is 0 Å². The van der Waals surface area contributed by atoms with Gasteiger partial charge in [-0.2, -0.15) is 0 Å². The molecule has 0 radical (unpaired) electrons. The van der Waals surface area contributed by atoms with Gasteiger partial charge in [0.2, 0.25) is 12.7 Å². The fourth-order valence-corrected chi connectivity index (χ4v) is 2.11. The van der Waals surface area contributed by atoms with Crippen LogP contribution in [0.4, 0.5) is 5.69 Å². The third kappa shape index (κ3) is 2.06. The van der Waals surface area contributed by atoms with Gasteiger partial charge in [0.1, 0.15) is 0 Å². The zero-order valence-corrected chi connectivity index (χ0v) is 9.36. The first-order valence-corrected chi connectivity index (χ1v) is 5.77. The normalized spacial score (nSPS) is 21.5. The largest absolute Gasteiger partial charge is 0.454 e. The van der Waals surface area contributed by atoms with E-state index in [0.29, 0.717) is 5.75 Å². The summed E-state index contributed by atoms with van der Waals surface area (Å²) in [5, 5.41) is 6.04. The second-order valence-corrected chi connectivity index (χ2v) is 4.21. The molecular formula is C12H14N2O3. The number of carbonyl (C=O) groups is 1. The summed E-state index contributed by atoms with van der Waals surface area (Å²) in [6.07, 6.45) is 1.95. The monoisotopic (exact) mass is 234 g/mol. The average Bonchev–Trinajstić information content (AvgIpc) is 2.99. The minimum atomic E-state index is -0.0691. The quantitative estimate of drug-likeness (QED) is 0.804. The van der Waals surface area contributed by atoms with Crippen LogP contribution in [-0.2, 0) is 4.79 Å². The summed E-state index contributed by atoms with van der Waals surface area (Å²) in [5.41, 5.74) is 0.743. The maximum Gasteiger partial charge on any atom is 0.241 e. The number of anilines is 1. The molecule has 0 aromatic heterocycles. The van der Waals surface area contributed by atoms with E-state index in [1.807, 2.05) is 6.07 Å². The summed E-state index contributed by atoms with van der Waals surface area (Å²) in [6.45, 7) is 1.16. The standard InChI is InChI=1S/C12H14N2O3/c15-12(9-2-1-5-13-9)14-8-3-4-10-11(6-8)17-7-16-10/h3-4,6,9,13H,1-2,5,7H2,(H,14,15)/t9-/m1/s1. The third-order valence-corrected chi connectivity index (χ3v) is 3.02.